The van der Waals surface area contributed by atoms with Gasteiger partial charge in [0.1, 0.15) is 5.58 Å². The molecule has 0 fully saturated rings. The van der Waals surface area contributed by atoms with Crippen LogP contribution in [0.25, 0.3) is 105 Å². The van der Waals surface area contributed by atoms with Crippen LogP contribution in [0.15, 0.2) is 168 Å². The summed E-state index contributed by atoms with van der Waals surface area (Å²) in [6.45, 7) is -0.0516. The summed E-state index contributed by atoms with van der Waals surface area (Å²) in [5, 5.41) is 7.44. The Labute approximate surface area is 298 Å². The van der Waals surface area contributed by atoms with E-state index in [2.05, 4.69) is 173 Å². The first-order valence-corrected chi connectivity index (χ1v) is 18.1. The summed E-state index contributed by atoms with van der Waals surface area (Å²) in [5.41, 5.74) is 18.1. The molecule has 13 rings (SSSR count). The number of hydrogen-bond acceptors (Lipinski definition) is 1. The molecule has 2 aliphatic heterocycles. The molecule has 52 heavy (non-hydrogen) atoms. The second kappa shape index (κ2) is 9.51. The molecule has 0 saturated heterocycles. The zero-order chi connectivity index (χ0) is 33.7. The zero-order valence-corrected chi connectivity index (χ0v) is 28.0. The van der Waals surface area contributed by atoms with Crippen LogP contribution in [0.2, 0.25) is 0 Å². The second-order valence-corrected chi connectivity index (χ2v) is 14.3. The third-order valence-corrected chi connectivity index (χ3v) is 11.9. The monoisotopic (exact) mass is 658 g/mol. The summed E-state index contributed by atoms with van der Waals surface area (Å²) < 4.78 is 12.2. The van der Waals surface area contributed by atoms with Crippen molar-refractivity contribution in [1.29, 1.82) is 0 Å². The maximum atomic E-state index is 7.02. The number of benzene rings is 8. The van der Waals surface area contributed by atoms with Gasteiger partial charge in [0.15, 0.2) is 5.58 Å². The van der Waals surface area contributed by atoms with E-state index in [0.29, 0.717) is 0 Å². The van der Waals surface area contributed by atoms with Gasteiger partial charge in [-0.2, -0.15) is 0 Å². The average Bonchev–Trinajstić information content (AvgIpc) is 3.87. The van der Waals surface area contributed by atoms with E-state index in [1.165, 1.54) is 87.9 Å². The topological polar surface area (TPSA) is 23.0 Å². The minimum Gasteiger partial charge on any atom is -0.454 e. The highest BCUT2D eigenvalue weighted by Crippen LogP contribution is 2.49. The molecule has 3 nitrogen and oxygen atoms in total. The summed E-state index contributed by atoms with van der Waals surface area (Å²) in [5.74, 6) is 0. The number of hydrogen-bond donors (Lipinski definition) is 0. The fourth-order valence-electron chi connectivity index (χ4n) is 9.92. The molecule has 0 atom stereocenters. The van der Waals surface area contributed by atoms with Crippen LogP contribution in [0.3, 0.4) is 0 Å². The van der Waals surface area contributed by atoms with Crippen molar-refractivity contribution in [2.45, 2.75) is 0 Å². The Morgan fingerprint density at radius 1 is 0.442 bits per heavy atom. The van der Waals surface area contributed by atoms with Gasteiger partial charge in [0.2, 0.25) is 0 Å². The average molecular weight is 659 g/mol. The lowest BCUT2D eigenvalue weighted by Crippen LogP contribution is -2.55. The molecule has 8 aromatic carbocycles. The number of fused-ring (bicyclic) bond motifs is 14. The van der Waals surface area contributed by atoms with Crippen molar-refractivity contribution in [3.63, 3.8) is 0 Å². The van der Waals surface area contributed by atoms with Gasteiger partial charge < -0.3 is 13.5 Å². The molecule has 0 saturated carbocycles. The van der Waals surface area contributed by atoms with Crippen molar-refractivity contribution in [3.8, 4) is 39.1 Å². The largest absolute Gasteiger partial charge is 0.454 e. The molecule has 3 aromatic heterocycles. The van der Waals surface area contributed by atoms with Crippen LogP contribution in [0, 0.1) is 0 Å². The summed E-state index contributed by atoms with van der Waals surface area (Å²) in [4.78, 5) is 0. The third kappa shape index (κ3) is 3.16. The Hall–Kier alpha value is -6.78. The smallest absolute Gasteiger partial charge is 0.333 e. The van der Waals surface area contributed by atoms with Crippen molar-refractivity contribution in [1.82, 2.24) is 9.05 Å². The van der Waals surface area contributed by atoms with Crippen LogP contribution < -0.4 is 10.9 Å². The lowest BCUT2D eigenvalue weighted by Gasteiger charge is -2.34. The quantitative estimate of drug-likeness (QED) is 0.170. The Bertz CT molecular complexity index is 3350. The molecule has 0 radical (unpaired) electrons. The standard InChI is InChI=1S/C48H27BN2O/c1-3-13-28(14-4-1)30-19-12-23-40-42(30)43-31(29-15-5-2-6-16-29)25-26-38-46(43)50(40)47-44-36(27-37-33-18-8-10-24-41(33)52-48(37)47)35-21-11-20-34-32-17-7-9-22-39(32)51(45(34)35)49(38)44/h1-27H. The van der Waals surface area contributed by atoms with Gasteiger partial charge in [0.05, 0.1) is 16.7 Å². The number of rotatable bonds is 2. The fourth-order valence-corrected chi connectivity index (χ4v) is 9.92. The molecule has 11 aromatic rings. The van der Waals surface area contributed by atoms with E-state index in [-0.39, 0.29) is 6.85 Å². The molecular formula is C48H27BN2O. The zero-order valence-electron chi connectivity index (χ0n) is 28.0. The Kier molecular flexibility index (Phi) is 4.94. The lowest BCUT2D eigenvalue weighted by molar-refractivity contribution is 0.667. The summed E-state index contributed by atoms with van der Waals surface area (Å²) in [6, 6.07) is 60.1. The molecule has 238 valence electrons. The maximum absolute atomic E-state index is 7.02. The van der Waals surface area contributed by atoms with Gasteiger partial charge in [-0.25, -0.2) is 0 Å². The molecule has 0 amide bonds. The first-order valence-electron chi connectivity index (χ1n) is 18.1. The molecule has 0 unspecified atom stereocenters. The van der Waals surface area contributed by atoms with Crippen LogP contribution in [0.5, 0.6) is 0 Å². The minimum absolute atomic E-state index is 0.0516. The number of nitrogens with zero attached hydrogens (tertiary/aromatic N) is 2. The SMILES string of the molecule is c1ccc(-c2cccc3c2c2c(-c4ccccc4)ccc4c2n3-c2c3c(cc5c2oc2ccccc25)-c2cccc5c6ccccc6n(c25)B34)cc1. The van der Waals surface area contributed by atoms with Gasteiger partial charge in [0.25, 0.3) is 0 Å². The van der Waals surface area contributed by atoms with Gasteiger partial charge in [-0.05, 0) is 63.0 Å². The number of aromatic nitrogens is 2. The van der Waals surface area contributed by atoms with Gasteiger partial charge >= 0.3 is 6.85 Å². The van der Waals surface area contributed by atoms with Crippen LogP contribution in [-0.2, 0) is 0 Å². The fraction of sp³-hybridized carbons (Fsp3) is 0. The van der Waals surface area contributed by atoms with Crippen molar-refractivity contribution >= 4 is 83.3 Å². The molecule has 0 N–H and O–H groups in total. The van der Waals surface area contributed by atoms with Crippen LogP contribution in [0.1, 0.15) is 0 Å². The molecule has 0 bridgehead atoms. The molecule has 5 heterocycles. The molecule has 0 aliphatic carbocycles. The number of para-hydroxylation sites is 3. The van der Waals surface area contributed by atoms with E-state index in [1.807, 2.05) is 0 Å². The van der Waals surface area contributed by atoms with E-state index in [0.717, 1.165) is 27.6 Å². The van der Waals surface area contributed by atoms with Crippen molar-refractivity contribution < 1.29 is 4.42 Å². The van der Waals surface area contributed by atoms with Gasteiger partial charge in [0, 0.05) is 48.9 Å². The summed E-state index contributed by atoms with van der Waals surface area (Å²) in [7, 11) is 0. The van der Waals surface area contributed by atoms with Crippen molar-refractivity contribution in [2.75, 3.05) is 0 Å². The Morgan fingerprint density at radius 2 is 1.10 bits per heavy atom. The van der Waals surface area contributed by atoms with Gasteiger partial charge in [-0.1, -0.05) is 140 Å². The van der Waals surface area contributed by atoms with E-state index in [9.17, 15) is 0 Å². The highest BCUT2D eigenvalue weighted by molar-refractivity contribution is 6.90. The molecular weight excluding hydrogens is 631 g/mol. The predicted molar refractivity (Wildman–Crippen MR) is 218 cm³/mol. The highest BCUT2D eigenvalue weighted by Gasteiger charge is 2.43. The van der Waals surface area contributed by atoms with E-state index in [4.69, 9.17) is 4.42 Å². The summed E-state index contributed by atoms with van der Waals surface area (Å²) in [6.07, 6.45) is 0. The molecule has 2 aliphatic rings. The molecule has 0 spiro atoms. The Balaban J connectivity index is 1.33. The van der Waals surface area contributed by atoms with E-state index < -0.39 is 0 Å². The highest BCUT2D eigenvalue weighted by atomic mass is 16.3. The predicted octanol–water partition coefficient (Wildman–Crippen LogP) is 11.1. The lowest BCUT2D eigenvalue weighted by atomic mass is 9.45. The normalized spacial score (nSPS) is 13.0. The van der Waals surface area contributed by atoms with Gasteiger partial charge in [-0.3, -0.25) is 0 Å². The minimum atomic E-state index is -0.0516. The van der Waals surface area contributed by atoms with Gasteiger partial charge in [-0.15, -0.1) is 0 Å². The molecule has 4 heteroatoms. The maximum Gasteiger partial charge on any atom is 0.333 e. The van der Waals surface area contributed by atoms with Crippen molar-refractivity contribution in [2.24, 2.45) is 0 Å². The Morgan fingerprint density at radius 3 is 1.92 bits per heavy atom. The van der Waals surface area contributed by atoms with Crippen LogP contribution >= 0.6 is 0 Å². The van der Waals surface area contributed by atoms with Crippen LogP contribution in [-0.4, -0.2) is 15.9 Å². The van der Waals surface area contributed by atoms with E-state index >= 15 is 0 Å². The van der Waals surface area contributed by atoms with Crippen molar-refractivity contribution in [3.05, 3.63) is 164 Å². The number of furan rings is 1. The third-order valence-electron chi connectivity index (χ3n) is 11.9. The first-order chi connectivity index (χ1) is 25.8. The second-order valence-electron chi connectivity index (χ2n) is 14.3. The summed E-state index contributed by atoms with van der Waals surface area (Å²) >= 11 is 0. The van der Waals surface area contributed by atoms with Crippen LogP contribution in [0.4, 0.5) is 0 Å². The first kappa shape index (κ1) is 27.0. The van der Waals surface area contributed by atoms with E-state index in [1.54, 1.807) is 0 Å².